The standard InChI is InChI=1S/C28H28Cl2FN5O3/c1-15(23-19(29)5-6-20(31)24(23)30)39-22-13-17(14-33-25(22)32)16-4-7-21-18(12-16)28(26(37)34-21)8-10-36(11-9-28)27(38)35(2)3/h4-7,12-15H,8-11H2,1-3H3,(H2,32,33)(H,34,37)/t15-/m1/s1. The molecule has 3 aromatic rings. The number of rotatable bonds is 4. The molecule has 1 atom stereocenters. The number of nitrogens with one attached hydrogen (secondary N) is 1. The highest BCUT2D eigenvalue weighted by Crippen LogP contribution is 2.47. The molecule has 0 aliphatic carbocycles. The van der Waals surface area contributed by atoms with E-state index in [2.05, 4.69) is 10.3 Å². The molecule has 2 aliphatic rings. The summed E-state index contributed by atoms with van der Waals surface area (Å²) in [4.78, 5) is 33.2. The summed E-state index contributed by atoms with van der Waals surface area (Å²) in [7, 11) is 3.44. The number of pyridine rings is 1. The van der Waals surface area contributed by atoms with Crippen molar-refractivity contribution < 1.29 is 18.7 Å². The maximum absolute atomic E-state index is 14.1. The minimum absolute atomic E-state index is 0.0521. The van der Waals surface area contributed by atoms with Gasteiger partial charge in [0.2, 0.25) is 5.91 Å². The van der Waals surface area contributed by atoms with Crippen LogP contribution in [0.1, 0.15) is 37.0 Å². The van der Waals surface area contributed by atoms with Crippen LogP contribution in [0.2, 0.25) is 10.0 Å². The highest BCUT2D eigenvalue weighted by Gasteiger charge is 2.49. The third-order valence-corrected chi connectivity index (χ3v) is 8.21. The number of nitrogen functional groups attached to an aromatic ring is 1. The van der Waals surface area contributed by atoms with Crippen LogP contribution in [0, 0.1) is 5.82 Å². The second-order valence-electron chi connectivity index (χ2n) is 10.1. The van der Waals surface area contributed by atoms with E-state index in [1.807, 2.05) is 18.2 Å². The minimum atomic E-state index is -0.714. The van der Waals surface area contributed by atoms with E-state index in [0.717, 1.165) is 22.4 Å². The van der Waals surface area contributed by atoms with Crippen molar-refractivity contribution in [2.75, 3.05) is 38.2 Å². The number of fused-ring (bicyclic) bond motifs is 2. The fraction of sp³-hybridized carbons (Fsp3) is 0.321. The molecule has 8 nitrogen and oxygen atoms in total. The van der Waals surface area contributed by atoms with E-state index in [1.54, 1.807) is 43.1 Å². The molecule has 0 radical (unpaired) electrons. The van der Waals surface area contributed by atoms with Crippen LogP contribution < -0.4 is 15.8 Å². The lowest BCUT2D eigenvalue weighted by molar-refractivity contribution is -0.122. The number of aromatic nitrogens is 1. The number of hydrogen-bond acceptors (Lipinski definition) is 5. The second kappa shape index (κ2) is 10.2. The molecular formula is C28H28Cl2FN5O3. The minimum Gasteiger partial charge on any atom is -0.482 e. The summed E-state index contributed by atoms with van der Waals surface area (Å²) >= 11 is 12.4. The lowest BCUT2D eigenvalue weighted by atomic mass is 9.73. The van der Waals surface area contributed by atoms with Gasteiger partial charge in [-0.05, 0) is 61.2 Å². The Morgan fingerprint density at radius 3 is 2.59 bits per heavy atom. The molecule has 5 rings (SSSR count). The second-order valence-corrected chi connectivity index (χ2v) is 10.9. The Hall–Kier alpha value is -3.56. The smallest absolute Gasteiger partial charge is 0.319 e. The third-order valence-electron chi connectivity index (χ3n) is 7.49. The van der Waals surface area contributed by atoms with E-state index in [0.29, 0.717) is 31.5 Å². The van der Waals surface area contributed by atoms with Gasteiger partial charge in [-0.2, -0.15) is 0 Å². The van der Waals surface area contributed by atoms with Crippen molar-refractivity contribution in [3.05, 3.63) is 69.6 Å². The van der Waals surface area contributed by atoms with Crippen molar-refractivity contribution in [2.24, 2.45) is 0 Å². The van der Waals surface area contributed by atoms with Crippen LogP contribution in [-0.4, -0.2) is 53.9 Å². The molecule has 1 fully saturated rings. The summed E-state index contributed by atoms with van der Waals surface area (Å²) in [5, 5.41) is 3.17. The summed E-state index contributed by atoms with van der Waals surface area (Å²) in [6.45, 7) is 2.67. The zero-order valence-corrected chi connectivity index (χ0v) is 23.2. The van der Waals surface area contributed by atoms with Gasteiger partial charge in [0.25, 0.3) is 0 Å². The number of carbonyl (C=O) groups excluding carboxylic acids is 2. The summed E-state index contributed by atoms with van der Waals surface area (Å²) in [6.07, 6.45) is 1.97. The van der Waals surface area contributed by atoms with Crippen LogP contribution in [0.15, 0.2) is 42.6 Å². The Morgan fingerprint density at radius 2 is 1.90 bits per heavy atom. The van der Waals surface area contributed by atoms with Gasteiger partial charge in [-0.1, -0.05) is 29.3 Å². The first kappa shape index (κ1) is 27.0. The summed E-state index contributed by atoms with van der Waals surface area (Å²) in [5.41, 5.74) is 8.91. The molecule has 3 heterocycles. The van der Waals surface area contributed by atoms with Gasteiger partial charge in [0.1, 0.15) is 11.9 Å². The average Bonchev–Trinajstić information content (AvgIpc) is 3.17. The summed E-state index contributed by atoms with van der Waals surface area (Å²) in [5.74, 6) is -0.208. The van der Waals surface area contributed by atoms with Crippen molar-refractivity contribution in [3.8, 4) is 16.9 Å². The normalized spacial score (nSPS) is 16.6. The number of nitrogens with two attached hydrogens (primary N) is 1. The van der Waals surface area contributed by atoms with Crippen molar-refractivity contribution in [3.63, 3.8) is 0 Å². The Balaban J connectivity index is 1.44. The predicted octanol–water partition coefficient (Wildman–Crippen LogP) is 5.88. The number of anilines is 2. The Kier molecular flexibility index (Phi) is 7.07. The van der Waals surface area contributed by atoms with E-state index in [9.17, 15) is 14.0 Å². The van der Waals surface area contributed by atoms with Gasteiger partial charge in [0, 0.05) is 55.2 Å². The van der Waals surface area contributed by atoms with Crippen LogP contribution in [0.4, 0.5) is 20.7 Å². The SMILES string of the molecule is C[C@@H](Oc1cc(-c2ccc3c(c2)C2(CCN(C(=O)N(C)C)CC2)C(=O)N3)cnc1N)c1c(Cl)ccc(F)c1Cl. The van der Waals surface area contributed by atoms with Gasteiger partial charge in [-0.15, -0.1) is 0 Å². The van der Waals surface area contributed by atoms with Gasteiger partial charge in [-0.3, -0.25) is 4.79 Å². The zero-order chi connectivity index (χ0) is 28.1. The highest BCUT2D eigenvalue weighted by atomic mass is 35.5. The number of likely N-dealkylation sites (tertiary alicyclic amines) is 1. The largest absolute Gasteiger partial charge is 0.482 e. The first-order valence-electron chi connectivity index (χ1n) is 12.5. The summed E-state index contributed by atoms with van der Waals surface area (Å²) < 4.78 is 20.1. The number of hydrogen-bond donors (Lipinski definition) is 2. The maximum Gasteiger partial charge on any atom is 0.319 e. The Morgan fingerprint density at radius 1 is 1.18 bits per heavy atom. The van der Waals surface area contributed by atoms with Gasteiger partial charge < -0.3 is 25.6 Å². The quantitative estimate of drug-likeness (QED) is 0.380. The Labute approximate surface area is 235 Å². The fourth-order valence-corrected chi connectivity index (χ4v) is 6.00. The van der Waals surface area contributed by atoms with E-state index >= 15 is 0 Å². The molecular weight excluding hydrogens is 544 g/mol. The molecule has 11 heteroatoms. The van der Waals surface area contributed by atoms with Crippen molar-refractivity contribution >= 4 is 46.6 Å². The monoisotopic (exact) mass is 571 g/mol. The van der Waals surface area contributed by atoms with Gasteiger partial charge >= 0.3 is 6.03 Å². The molecule has 1 spiro atoms. The topological polar surface area (TPSA) is 101 Å². The van der Waals surface area contributed by atoms with Crippen molar-refractivity contribution in [1.29, 1.82) is 0 Å². The lowest BCUT2D eigenvalue weighted by Gasteiger charge is -2.39. The van der Waals surface area contributed by atoms with Crippen LogP contribution in [0.3, 0.4) is 0 Å². The molecule has 0 bridgehead atoms. The molecule has 1 aromatic heterocycles. The van der Waals surface area contributed by atoms with Crippen molar-refractivity contribution in [1.82, 2.24) is 14.8 Å². The highest BCUT2D eigenvalue weighted by molar-refractivity contribution is 6.36. The number of piperidine rings is 1. The molecule has 204 valence electrons. The van der Waals surface area contributed by atoms with Crippen LogP contribution in [-0.2, 0) is 10.2 Å². The Bertz CT molecular complexity index is 1470. The maximum atomic E-state index is 14.1. The van der Waals surface area contributed by atoms with E-state index in [4.69, 9.17) is 33.7 Å². The van der Waals surface area contributed by atoms with Gasteiger partial charge in [0.15, 0.2) is 11.6 Å². The number of carbonyl (C=O) groups is 2. The van der Waals surface area contributed by atoms with E-state index in [-0.39, 0.29) is 33.6 Å². The number of amides is 3. The molecule has 2 aliphatic heterocycles. The molecule has 0 unspecified atom stereocenters. The van der Waals surface area contributed by atoms with Crippen LogP contribution in [0.25, 0.3) is 11.1 Å². The molecule has 39 heavy (non-hydrogen) atoms. The average molecular weight is 572 g/mol. The van der Waals surface area contributed by atoms with Crippen LogP contribution in [0.5, 0.6) is 5.75 Å². The number of ether oxygens (including phenoxy) is 1. The van der Waals surface area contributed by atoms with Gasteiger partial charge in [-0.25, -0.2) is 14.2 Å². The number of nitrogens with zero attached hydrogens (tertiary/aromatic N) is 3. The molecule has 1 saturated heterocycles. The molecule has 3 N–H and O–H groups in total. The molecule has 2 aromatic carbocycles. The van der Waals surface area contributed by atoms with Crippen molar-refractivity contribution in [2.45, 2.75) is 31.3 Å². The first-order valence-corrected chi connectivity index (χ1v) is 13.3. The number of halogens is 3. The van der Waals surface area contributed by atoms with Gasteiger partial charge in [0.05, 0.1) is 10.4 Å². The molecule has 0 saturated carbocycles. The fourth-order valence-electron chi connectivity index (χ4n) is 5.32. The number of benzene rings is 2. The predicted molar refractivity (Wildman–Crippen MR) is 150 cm³/mol. The lowest BCUT2D eigenvalue weighted by Crippen LogP contribution is -2.50. The van der Waals surface area contributed by atoms with E-state index < -0.39 is 17.3 Å². The first-order chi connectivity index (χ1) is 18.5. The summed E-state index contributed by atoms with van der Waals surface area (Å²) in [6, 6.07) is 10.1. The van der Waals surface area contributed by atoms with Crippen LogP contribution >= 0.6 is 23.2 Å². The van der Waals surface area contributed by atoms with E-state index in [1.165, 1.54) is 12.1 Å². The number of urea groups is 1. The zero-order valence-electron chi connectivity index (χ0n) is 21.7. The molecule has 3 amide bonds. The third kappa shape index (κ3) is 4.74.